The first-order chi connectivity index (χ1) is 9.77. The molecule has 1 aromatic heterocycles. The number of aryl methyl sites for hydroxylation is 2. The molecule has 1 fully saturated rings. The average molecular weight is 290 g/mol. The van der Waals surface area contributed by atoms with Crippen LogP contribution in [0.4, 0.5) is 5.82 Å². The molecule has 5 heteroatoms. The smallest absolute Gasteiger partial charge is 0.225 e. The SMILES string of the molecule is Cc1cnc(C)c(N2CCCC(NC(=O)C(C)(C)C)C2)n1. The third kappa shape index (κ3) is 3.93. The molecule has 1 unspecified atom stereocenters. The molecule has 5 nitrogen and oxygen atoms in total. The first-order valence-corrected chi connectivity index (χ1v) is 7.63. The van der Waals surface area contributed by atoms with E-state index in [1.54, 1.807) is 6.20 Å². The van der Waals surface area contributed by atoms with Crippen LogP contribution in [0.25, 0.3) is 0 Å². The largest absolute Gasteiger partial charge is 0.353 e. The fraction of sp³-hybridized carbons (Fsp3) is 0.688. The van der Waals surface area contributed by atoms with Crippen molar-refractivity contribution in [3.8, 4) is 0 Å². The minimum absolute atomic E-state index is 0.112. The molecule has 1 atom stereocenters. The number of rotatable bonds is 2. The average Bonchev–Trinajstić information content (AvgIpc) is 2.41. The maximum Gasteiger partial charge on any atom is 0.225 e. The van der Waals surface area contributed by atoms with Gasteiger partial charge in [-0.3, -0.25) is 9.78 Å². The molecule has 0 radical (unpaired) electrons. The summed E-state index contributed by atoms with van der Waals surface area (Å²) < 4.78 is 0. The van der Waals surface area contributed by atoms with Gasteiger partial charge in [-0.25, -0.2) is 4.98 Å². The summed E-state index contributed by atoms with van der Waals surface area (Å²) in [6.07, 6.45) is 3.88. The lowest BCUT2D eigenvalue weighted by Gasteiger charge is -2.35. The van der Waals surface area contributed by atoms with Crippen LogP contribution < -0.4 is 10.2 Å². The maximum absolute atomic E-state index is 12.1. The Bertz CT molecular complexity index is 521. The summed E-state index contributed by atoms with van der Waals surface area (Å²) in [6.45, 7) is 11.6. The zero-order chi connectivity index (χ0) is 15.6. The Labute approximate surface area is 127 Å². The van der Waals surface area contributed by atoms with Gasteiger partial charge in [-0.05, 0) is 26.7 Å². The Morgan fingerprint density at radius 3 is 2.76 bits per heavy atom. The van der Waals surface area contributed by atoms with Gasteiger partial charge in [0.05, 0.1) is 11.4 Å². The van der Waals surface area contributed by atoms with Crippen molar-refractivity contribution in [3.05, 3.63) is 17.6 Å². The Kier molecular flexibility index (Phi) is 4.49. The molecule has 2 heterocycles. The van der Waals surface area contributed by atoms with Gasteiger partial charge in [0.2, 0.25) is 5.91 Å². The molecule has 1 amide bonds. The van der Waals surface area contributed by atoms with Gasteiger partial charge in [0.15, 0.2) is 0 Å². The highest BCUT2D eigenvalue weighted by molar-refractivity contribution is 5.81. The van der Waals surface area contributed by atoms with Gasteiger partial charge >= 0.3 is 0 Å². The third-order valence-corrected chi connectivity index (χ3v) is 3.79. The Morgan fingerprint density at radius 2 is 2.10 bits per heavy atom. The maximum atomic E-state index is 12.1. The van der Waals surface area contributed by atoms with Gasteiger partial charge in [0.25, 0.3) is 0 Å². The highest BCUT2D eigenvalue weighted by atomic mass is 16.2. The van der Waals surface area contributed by atoms with Gasteiger partial charge in [-0.15, -0.1) is 0 Å². The van der Waals surface area contributed by atoms with Gasteiger partial charge in [0.1, 0.15) is 5.82 Å². The lowest BCUT2D eigenvalue weighted by Crippen LogP contribution is -2.50. The standard InChI is InChI=1S/C16H26N4O/c1-11-9-17-12(2)14(18-11)20-8-6-7-13(10-20)19-15(21)16(3,4)5/h9,13H,6-8,10H2,1-5H3,(H,19,21). The van der Waals surface area contributed by atoms with E-state index in [-0.39, 0.29) is 17.4 Å². The molecule has 0 aromatic carbocycles. The van der Waals surface area contributed by atoms with Crippen molar-refractivity contribution in [2.45, 2.75) is 53.5 Å². The van der Waals surface area contributed by atoms with E-state index >= 15 is 0 Å². The van der Waals surface area contributed by atoms with Crippen LogP contribution in [0.15, 0.2) is 6.20 Å². The molecule has 21 heavy (non-hydrogen) atoms. The number of anilines is 1. The molecular formula is C16H26N4O. The summed E-state index contributed by atoms with van der Waals surface area (Å²) in [7, 11) is 0. The second kappa shape index (κ2) is 6.00. The van der Waals surface area contributed by atoms with Crippen molar-refractivity contribution in [1.29, 1.82) is 0 Å². The van der Waals surface area contributed by atoms with Crippen molar-refractivity contribution in [1.82, 2.24) is 15.3 Å². The minimum atomic E-state index is -0.346. The first-order valence-electron chi connectivity index (χ1n) is 7.63. The van der Waals surface area contributed by atoms with Crippen molar-refractivity contribution in [2.75, 3.05) is 18.0 Å². The van der Waals surface area contributed by atoms with Crippen molar-refractivity contribution in [3.63, 3.8) is 0 Å². The second-order valence-electron chi connectivity index (χ2n) is 6.93. The molecule has 0 aliphatic carbocycles. The van der Waals surface area contributed by atoms with Crippen LogP contribution in [0.5, 0.6) is 0 Å². The van der Waals surface area contributed by atoms with E-state index in [1.807, 2.05) is 34.6 Å². The Balaban J connectivity index is 2.07. The monoisotopic (exact) mass is 290 g/mol. The molecule has 1 saturated heterocycles. The second-order valence-corrected chi connectivity index (χ2v) is 6.93. The molecule has 0 spiro atoms. The third-order valence-electron chi connectivity index (χ3n) is 3.79. The highest BCUT2D eigenvalue weighted by Crippen LogP contribution is 2.21. The van der Waals surface area contributed by atoms with Gasteiger partial charge in [-0.2, -0.15) is 0 Å². The zero-order valence-electron chi connectivity index (χ0n) is 13.7. The Morgan fingerprint density at radius 1 is 1.38 bits per heavy atom. The van der Waals surface area contributed by atoms with Crippen molar-refractivity contribution < 1.29 is 4.79 Å². The number of aromatic nitrogens is 2. The van der Waals surface area contributed by atoms with Crippen LogP contribution >= 0.6 is 0 Å². The van der Waals surface area contributed by atoms with Crippen LogP contribution in [0.2, 0.25) is 0 Å². The van der Waals surface area contributed by atoms with Crippen LogP contribution in [0, 0.1) is 19.3 Å². The minimum Gasteiger partial charge on any atom is -0.353 e. The molecule has 0 bridgehead atoms. The number of nitrogens with zero attached hydrogens (tertiary/aromatic N) is 3. The topological polar surface area (TPSA) is 58.1 Å². The van der Waals surface area contributed by atoms with Crippen molar-refractivity contribution in [2.24, 2.45) is 5.41 Å². The summed E-state index contributed by atoms with van der Waals surface area (Å²) in [5, 5.41) is 3.16. The fourth-order valence-electron chi connectivity index (χ4n) is 2.51. The Hall–Kier alpha value is -1.65. The summed E-state index contributed by atoms with van der Waals surface area (Å²) in [5.41, 5.74) is 1.53. The van der Waals surface area contributed by atoms with Gasteiger partial charge < -0.3 is 10.2 Å². The van der Waals surface area contributed by atoms with E-state index in [2.05, 4.69) is 20.2 Å². The number of amides is 1. The molecule has 0 saturated carbocycles. The zero-order valence-corrected chi connectivity index (χ0v) is 13.7. The quantitative estimate of drug-likeness (QED) is 0.907. The summed E-state index contributed by atoms with van der Waals surface area (Å²) >= 11 is 0. The first kappa shape index (κ1) is 15.7. The predicted octanol–water partition coefficient (Wildman–Crippen LogP) is 2.22. The van der Waals surface area contributed by atoms with E-state index in [1.165, 1.54) is 0 Å². The molecule has 1 aliphatic rings. The van der Waals surface area contributed by atoms with E-state index in [0.717, 1.165) is 43.1 Å². The van der Waals surface area contributed by atoms with Crippen molar-refractivity contribution >= 4 is 11.7 Å². The van der Waals surface area contributed by atoms with Crippen LogP contribution in [0.3, 0.4) is 0 Å². The molecule has 1 N–H and O–H groups in total. The summed E-state index contributed by atoms with van der Waals surface area (Å²) in [6, 6.07) is 0.187. The number of nitrogens with one attached hydrogen (secondary N) is 1. The van der Waals surface area contributed by atoms with E-state index in [0.29, 0.717) is 0 Å². The predicted molar refractivity (Wildman–Crippen MR) is 84.3 cm³/mol. The number of hydrogen-bond acceptors (Lipinski definition) is 4. The summed E-state index contributed by atoms with van der Waals surface area (Å²) in [5.74, 6) is 1.06. The van der Waals surface area contributed by atoms with Crippen LogP contribution in [-0.2, 0) is 4.79 Å². The number of hydrogen-bond donors (Lipinski definition) is 1. The van der Waals surface area contributed by atoms with E-state index in [9.17, 15) is 4.79 Å². The van der Waals surface area contributed by atoms with E-state index < -0.39 is 0 Å². The van der Waals surface area contributed by atoms with Crippen LogP contribution in [0.1, 0.15) is 45.0 Å². The highest BCUT2D eigenvalue weighted by Gasteiger charge is 2.28. The van der Waals surface area contributed by atoms with Gasteiger partial charge in [0, 0.05) is 30.7 Å². The summed E-state index contributed by atoms with van der Waals surface area (Å²) in [4.78, 5) is 23.4. The lowest BCUT2D eigenvalue weighted by atomic mass is 9.94. The number of carbonyl (C=O) groups excluding carboxylic acids is 1. The molecule has 2 rings (SSSR count). The fourth-order valence-corrected chi connectivity index (χ4v) is 2.51. The molecule has 116 valence electrons. The normalized spacial score (nSPS) is 19.5. The van der Waals surface area contributed by atoms with E-state index in [4.69, 9.17) is 0 Å². The molecule has 1 aromatic rings. The number of piperidine rings is 1. The molecular weight excluding hydrogens is 264 g/mol. The lowest BCUT2D eigenvalue weighted by molar-refractivity contribution is -0.129. The molecule has 1 aliphatic heterocycles. The number of carbonyl (C=O) groups is 1. The van der Waals surface area contributed by atoms with Crippen LogP contribution in [-0.4, -0.2) is 35.0 Å². The van der Waals surface area contributed by atoms with Gasteiger partial charge in [-0.1, -0.05) is 20.8 Å².